The van der Waals surface area contributed by atoms with Crippen LogP contribution in [0.5, 0.6) is 0 Å². The lowest BCUT2D eigenvalue weighted by molar-refractivity contribution is -0.148. The molecule has 0 amide bonds. The Kier molecular flexibility index (Phi) is 33.8. The summed E-state index contributed by atoms with van der Waals surface area (Å²) in [5, 5.41) is 18.4. The molecule has 1 saturated carbocycles. The first kappa shape index (κ1) is 50.0. The van der Waals surface area contributed by atoms with Gasteiger partial charge >= 0.3 is 6.18 Å². The molecule has 1 aliphatic heterocycles. The Labute approximate surface area is 296 Å². The number of allylic oxidation sites excluding steroid dienone is 8. The van der Waals surface area contributed by atoms with Crippen molar-refractivity contribution in [1.29, 1.82) is 0 Å². The van der Waals surface area contributed by atoms with Crippen LogP contribution in [0.4, 0.5) is 13.2 Å². The fraction of sp³-hybridized carbons (Fsp3) is 0.590. The third-order valence-electron chi connectivity index (χ3n) is 7.87. The molecule has 3 N–H and O–H groups in total. The van der Waals surface area contributed by atoms with E-state index in [0.29, 0.717) is 0 Å². The van der Waals surface area contributed by atoms with Crippen molar-refractivity contribution in [2.75, 3.05) is 26.7 Å². The number of hydrogen-bond acceptors (Lipinski definition) is 6. The first-order valence-corrected chi connectivity index (χ1v) is 17.3. The van der Waals surface area contributed by atoms with Crippen molar-refractivity contribution < 1.29 is 23.1 Å². The Morgan fingerprint density at radius 2 is 1.76 bits per heavy atom. The Hall–Kier alpha value is -3.39. The van der Waals surface area contributed by atoms with Crippen molar-refractivity contribution in [3.8, 4) is 12.8 Å². The van der Waals surface area contributed by atoms with Gasteiger partial charge in [0.25, 0.3) is 0 Å². The molecule has 2 aliphatic rings. The maximum atomic E-state index is 12.5. The number of aliphatic hydroxyl groups excluding tert-OH is 1. The van der Waals surface area contributed by atoms with Gasteiger partial charge in [0, 0.05) is 31.5 Å². The van der Waals surface area contributed by atoms with Gasteiger partial charge in [-0.15, -0.1) is 12.8 Å². The molecule has 1 aromatic heterocycles. The Balaban J connectivity index is -0.000000606. The Bertz CT molecular complexity index is 1030. The van der Waals surface area contributed by atoms with Gasteiger partial charge in [0.2, 0.25) is 0 Å². The molecule has 1 aliphatic carbocycles. The fourth-order valence-corrected chi connectivity index (χ4v) is 5.17. The first-order chi connectivity index (χ1) is 23.6. The number of aromatic nitrogens is 2. The molecule has 3 rings (SSSR count). The highest BCUT2D eigenvalue weighted by molar-refractivity contribution is 5.17. The number of nitrogens with one attached hydrogen (secondary N) is 2. The lowest BCUT2D eigenvalue weighted by Crippen LogP contribution is -2.36. The van der Waals surface area contributed by atoms with Gasteiger partial charge in [0.1, 0.15) is 13.0 Å². The number of carbonyl (C=O) groups excluding carboxylic acids is 1. The van der Waals surface area contributed by atoms with Gasteiger partial charge in [0.15, 0.2) is 0 Å². The summed E-state index contributed by atoms with van der Waals surface area (Å²) in [6.07, 6.45) is 27.0. The number of rotatable bonds is 12. The number of hydrogen-bond donors (Lipinski definition) is 3. The van der Waals surface area contributed by atoms with Gasteiger partial charge in [-0.2, -0.15) is 18.3 Å². The molecule has 3 unspecified atom stereocenters. The minimum absolute atomic E-state index is 0.240. The van der Waals surface area contributed by atoms with Crippen molar-refractivity contribution in [2.24, 2.45) is 17.8 Å². The molecule has 0 spiro atoms. The number of nitrogens with zero attached hydrogens (tertiary/aromatic N) is 3. The maximum Gasteiger partial charge on any atom is 0.398 e. The Morgan fingerprint density at radius 3 is 2.20 bits per heavy atom. The van der Waals surface area contributed by atoms with Gasteiger partial charge in [0.05, 0.1) is 12.5 Å². The largest absolute Gasteiger partial charge is 0.398 e. The molecule has 3 atom stereocenters. The third-order valence-corrected chi connectivity index (χ3v) is 7.87. The quantitative estimate of drug-likeness (QED) is 0.116. The van der Waals surface area contributed by atoms with Crippen LogP contribution in [0.1, 0.15) is 80.1 Å². The molecule has 0 bridgehead atoms. The van der Waals surface area contributed by atoms with Gasteiger partial charge in [-0.3, -0.25) is 4.68 Å². The highest BCUT2D eigenvalue weighted by atomic mass is 19.4. The molecular formula is C39H66F3N5O2. The van der Waals surface area contributed by atoms with E-state index in [1.165, 1.54) is 69.3 Å². The van der Waals surface area contributed by atoms with Gasteiger partial charge in [-0.05, 0) is 89.2 Å². The molecule has 1 aromatic rings. The molecule has 2 heterocycles. The monoisotopic (exact) mass is 694 g/mol. The highest BCUT2D eigenvalue weighted by Crippen LogP contribution is 2.31. The van der Waals surface area contributed by atoms with Crippen LogP contribution in [0.2, 0.25) is 0 Å². The number of likely N-dealkylation sites (tertiary alicyclic amines) is 1. The van der Waals surface area contributed by atoms with Crippen LogP contribution in [0.15, 0.2) is 79.3 Å². The van der Waals surface area contributed by atoms with Crippen molar-refractivity contribution >= 4 is 6.79 Å². The number of halogens is 3. The van der Waals surface area contributed by atoms with Gasteiger partial charge < -0.3 is 25.4 Å². The first-order valence-electron chi connectivity index (χ1n) is 17.3. The number of aliphatic hydroxyl groups is 1. The van der Waals surface area contributed by atoms with E-state index in [9.17, 15) is 18.3 Å². The van der Waals surface area contributed by atoms with E-state index < -0.39 is 18.3 Å². The van der Waals surface area contributed by atoms with Crippen molar-refractivity contribution in [3.05, 3.63) is 79.3 Å². The number of terminal acetylenes is 1. The molecule has 7 nitrogen and oxygen atoms in total. The lowest BCUT2D eigenvalue weighted by Gasteiger charge is -2.33. The van der Waals surface area contributed by atoms with E-state index in [4.69, 9.17) is 4.79 Å². The number of carbonyl (C=O) groups is 1. The lowest BCUT2D eigenvalue weighted by atomic mass is 9.87. The standard InChI is InChI=1S/C13H25N.C11H17F3N2O.C10H14N2.C2H6.C2H2.CH2O/c1-3-12-8-9-14(10-12)13-6-4-11(2)5-7-13;1-3-4-5-9(11(12,13)14)6-7-16-10(17)8-15-2;1-3-6-10(4-2)9-12-8-5-7-11-12;3*1-2/h11-13H,3-10H2,1-2H3;3-7,9-10,15-17H,1,8H2,2H3;3-8H,9H2,1-2H3;1-2H3;1-2H;1H2/b;5-4?,7-6+;6-3-,10-4+;;;. The Morgan fingerprint density at radius 1 is 1.12 bits per heavy atom. The highest BCUT2D eigenvalue weighted by Gasteiger charge is 2.35. The predicted octanol–water partition coefficient (Wildman–Crippen LogP) is 8.34. The molecule has 0 aromatic carbocycles. The zero-order valence-corrected chi connectivity index (χ0v) is 31.2. The topological polar surface area (TPSA) is 82.4 Å². The second-order valence-corrected chi connectivity index (χ2v) is 11.3. The van der Waals surface area contributed by atoms with Crippen LogP contribution in [0, 0.1) is 30.6 Å². The normalized spacial score (nSPS) is 20.5. The maximum absolute atomic E-state index is 12.5. The summed E-state index contributed by atoms with van der Waals surface area (Å²) in [4.78, 5) is 10.8. The molecular weight excluding hydrogens is 627 g/mol. The number of alkyl halides is 3. The molecule has 280 valence electrons. The molecule has 0 radical (unpaired) electrons. The fourth-order valence-electron chi connectivity index (χ4n) is 5.17. The van der Waals surface area contributed by atoms with Crippen LogP contribution < -0.4 is 10.6 Å². The van der Waals surface area contributed by atoms with E-state index in [2.05, 4.69) is 66.1 Å². The van der Waals surface area contributed by atoms with E-state index in [1.54, 1.807) is 13.2 Å². The van der Waals surface area contributed by atoms with Crippen LogP contribution in [-0.4, -0.2) is 71.7 Å². The van der Waals surface area contributed by atoms with Crippen LogP contribution in [-0.2, 0) is 11.3 Å². The second kappa shape index (κ2) is 33.1. The number of likely N-dealkylation sites (N-methyl/N-ethyl adjacent to an activating group) is 1. The summed E-state index contributed by atoms with van der Waals surface area (Å²) >= 11 is 0. The SMILES string of the molecule is C#C.C/C=C\C(=C/C)Cn1cccn1.C=CC=CC(/C=C/NC(O)CNC)C(F)(F)F.C=O.CC.CCC1CCN(C2CCC(C)CC2)C1. The van der Waals surface area contributed by atoms with E-state index in [-0.39, 0.29) is 6.54 Å². The zero-order chi connectivity index (χ0) is 38.1. The summed E-state index contributed by atoms with van der Waals surface area (Å²) in [7, 11) is 1.62. The molecule has 10 heteroatoms. The zero-order valence-electron chi connectivity index (χ0n) is 31.2. The summed E-state index contributed by atoms with van der Waals surface area (Å²) in [5.74, 6) is 0.306. The smallest absolute Gasteiger partial charge is 0.372 e. The molecule has 49 heavy (non-hydrogen) atoms. The van der Waals surface area contributed by atoms with E-state index in [1.807, 2.05) is 57.5 Å². The summed E-state index contributed by atoms with van der Waals surface area (Å²) < 4.78 is 39.3. The van der Waals surface area contributed by atoms with Gasteiger partial charge in [-0.1, -0.05) is 83.2 Å². The third kappa shape index (κ3) is 25.3. The second-order valence-electron chi connectivity index (χ2n) is 11.3. The average Bonchev–Trinajstić information content (AvgIpc) is 3.82. The summed E-state index contributed by atoms with van der Waals surface area (Å²) in [6, 6.07) is 2.88. The summed E-state index contributed by atoms with van der Waals surface area (Å²) in [6.45, 7) is 22.0. The van der Waals surface area contributed by atoms with Crippen molar-refractivity contribution in [2.45, 2.75) is 105 Å². The molecule has 1 saturated heterocycles. The minimum Gasteiger partial charge on any atom is -0.372 e. The van der Waals surface area contributed by atoms with Crippen LogP contribution >= 0.6 is 0 Å². The van der Waals surface area contributed by atoms with Crippen LogP contribution in [0.25, 0.3) is 0 Å². The van der Waals surface area contributed by atoms with Crippen molar-refractivity contribution in [3.63, 3.8) is 0 Å². The van der Waals surface area contributed by atoms with Crippen molar-refractivity contribution in [1.82, 2.24) is 25.3 Å². The summed E-state index contributed by atoms with van der Waals surface area (Å²) in [5.41, 5.74) is 1.28. The van der Waals surface area contributed by atoms with E-state index >= 15 is 0 Å². The average molecular weight is 694 g/mol. The minimum atomic E-state index is -4.36. The van der Waals surface area contributed by atoms with Gasteiger partial charge in [-0.25, -0.2) is 0 Å². The van der Waals surface area contributed by atoms with E-state index in [0.717, 1.165) is 42.8 Å². The van der Waals surface area contributed by atoms with Crippen LogP contribution in [0.3, 0.4) is 0 Å². The predicted molar refractivity (Wildman–Crippen MR) is 202 cm³/mol. The molecule has 2 fully saturated rings.